The van der Waals surface area contributed by atoms with E-state index in [2.05, 4.69) is 4.90 Å². The molecule has 32 heavy (non-hydrogen) atoms. The van der Waals surface area contributed by atoms with Gasteiger partial charge in [0.15, 0.2) is 11.5 Å². The van der Waals surface area contributed by atoms with Crippen molar-refractivity contribution >= 4 is 44.8 Å². The highest BCUT2D eigenvalue weighted by atomic mass is 35.5. The predicted molar refractivity (Wildman–Crippen MR) is 123 cm³/mol. The quantitative estimate of drug-likeness (QED) is 0.607. The molecular formula is C21H23Cl2N3O5S. The first kappa shape index (κ1) is 23.0. The molecule has 0 N–H and O–H groups in total. The first-order valence-electron chi connectivity index (χ1n) is 10.0. The molecule has 2 aliphatic rings. The number of carbonyl (C=O) groups excluding carboxylic acids is 1. The van der Waals surface area contributed by atoms with Gasteiger partial charge in [-0.2, -0.15) is 0 Å². The molecule has 11 heteroatoms. The summed E-state index contributed by atoms with van der Waals surface area (Å²) < 4.78 is 36.5. The highest BCUT2D eigenvalue weighted by molar-refractivity contribution is 7.92. The lowest BCUT2D eigenvalue weighted by atomic mass is 10.1. The summed E-state index contributed by atoms with van der Waals surface area (Å²) >= 11 is 12.2. The van der Waals surface area contributed by atoms with E-state index in [1.807, 2.05) is 18.2 Å². The second kappa shape index (κ2) is 9.35. The van der Waals surface area contributed by atoms with E-state index in [1.54, 1.807) is 17.0 Å². The fraction of sp³-hybridized carbons (Fsp3) is 0.381. The van der Waals surface area contributed by atoms with Gasteiger partial charge in [0, 0.05) is 32.7 Å². The Morgan fingerprint density at radius 3 is 2.50 bits per heavy atom. The number of ether oxygens (including phenoxy) is 2. The molecule has 4 rings (SSSR count). The zero-order valence-corrected chi connectivity index (χ0v) is 19.8. The van der Waals surface area contributed by atoms with Gasteiger partial charge in [-0.25, -0.2) is 8.42 Å². The van der Waals surface area contributed by atoms with Gasteiger partial charge in [-0.15, -0.1) is 0 Å². The maximum absolute atomic E-state index is 12.9. The molecule has 1 saturated heterocycles. The van der Waals surface area contributed by atoms with Crippen LogP contribution < -0.4 is 13.8 Å². The maximum atomic E-state index is 12.9. The van der Waals surface area contributed by atoms with Crippen molar-refractivity contribution in [2.75, 3.05) is 50.1 Å². The number of sulfonamides is 1. The van der Waals surface area contributed by atoms with Gasteiger partial charge in [0.1, 0.15) is 6.54 Å². The second-order valence-electron chi connectivity index (χ2n) is 7.69. The smallest absolute Gasteiger partial charge is 0.243 e. The standard InChI is InChI=1S/C21H23Cl2N3O5S/c1-32(28,29)26(17-4-2-3-16(22)21(17)23)13-20(27)25-9-7-24(8-10-25)12-15-5-6-18-19(11-15)31-14-30-18/h2-6,11H,7-10,12-14H2,1H3. The first-order valence-corrected chi connectivity index (χ1v) is 12.6. The Morgan fingerprint density at radius 2 is 1.78 bits per heavy atom. The fourth-order valence-corrected chi connectivity index (χ4v) is 5.04. The highest BCUT2D eigenvalue weighted by Gasteiger charge is 2.28. The van der Waals surface area contributed by atoms with E-state index in [0.717, 1.165) is 34.2 Å². The average Bonchev–Trinajstić information content (AvgIpc) is 3.22. The van der Waals surface area contributed by atoms with E-state index in [1.165, 1.54) is 6.07 Å². The third-order valence-corrected chi connectivity index (χ3v) is 7.38. The molecule has 0 saturated carbocycles. The molecule has 172 valence electrons. The van der Waals surface area contributed by atoms with Crippen LogP contribution in [0.4, 0.5) is 5.69 Å². The van der Waals surface area contributed by atoms with Crippen molar-refractivity contribution in [3.63, 3.8) is 0 Å². The number of nitrogens with zero attached hydrogens (tertiary/aromatic N) is 3. The van der Waals surface area contributed by atoms with Crippen molar-refractivity contribution in [1.29, 1.82) is 0 Å². The molecular weight excluding hydrogens is 477 g/mol. The lowest BCUT2D eigenvalue weighted by Crippen LogP contribution is -2.51. The molecule has 0 aliphatic carbocycles. The van der Waals surface area contributed by atoms with E-state index in [4.69, 9.17) is 32.7 Å². The van der Waals surface area contributed by atoms with Crippen LogP contribution in [0.15, 0.2) is 36.4 Å². The molecule has 0 unspecified atom stereocenters. The zero-order chi connectivity index (χ0) is 22.9. The van der Waals surface area contributed by atoms with E-state index in [0.29, 0.717) is 26.2 Å². The molecule has 1 amide bonds. The van der Waals surface area contributed by atoms with Crippen LogP contribution in [0, 0.1) is 0 Å². The summed E-state index contributed by atoms with van der Waals surface area (Å²) in [5.74, 6) is 1.21. The van der Waals surface area contributed by atoms with Crippen LogP contribution in [0.25, 0.3) is 0 Å². The minimum Gasteiger partial charge on any atom is -0.454 e. The van der Waals surface area contributed by atoms with Crippen molar-refractivity contribution in [3.8, 4) is 11.5 Å². The number of hydrogen-bond donors (Lipinski definition) is 0. The van der Waals surface area contributed by atoms with Crippen LogP contribution in [-0.4, -0.2) is 69.9 Å². The predicted octanol–water partition coefficient (Wildman–Crippen LogP) is 2.83. The number of amides is 1. The number of anilines is 1. The number of fused-ring (bicyclic) bond motifs is 1. The summed E-state index contributed by atoms with van der Waals surface area (Å²) in [6, 6.07) is 10.6. The van der Waals surface area contributed by atoms with Crippen LogP contribution in [-0.2, 0) is 21.4 Å². The van der Waals surface area contributed by atoms with Crippen LogP contribution in [0.3, 0.4) is 0 Å². The third kappa shape index (κ3) is 5.06. The Bertz CT molecular complexity index is 1120. The van der Waals surface area contributed by atoms with E-state index >= 15 is 0 Å². The summed E-state index contributed by atoms with van der Waals surface area (Å²) in [5.41, 5.74) is 1.30. The van der Waals surface area contributed by atoms with Crippen LogP contribution in [0.2, 0.25) is 10.0 Å². The Hall–Kier alpha value is -2.20. The molecule has 2 heterocycles. The molecule has 1 fully saturated rings. The lowest BCUT2D eigenvalue weighted by molar-refractivity contribution is -0.131. The summed E-state index contributed by atoms with van der Waals surface area (Å²) in [7, 11) is -3.74. The second-order valence-corrected chi connectivity index (χ2v) is 10.4. The van der Waals surface area contributed by atoms with Crippen molar-refractivity contribution in [2.24, 2.45) is 0 Å². The van der Waals surface area contributed by atoms with Gasteiger partial charge in [0.25, 0.3) is 0 Å². The van der Waals surface area contributed by atoms with Gasteiger partial charge in [-0.05, 0) is 29.8 Å². The molecule has 0 atom stereocenters. The van der Waals surface area contributed by atoms with Gasteiger partial charge < -0.3 is 14.4 Å². The molecule has 0 radical (unpaired) electrons. The largest absolute Gasteiger partial charge is 0.454 e. The lowest BCUT2D eigenvalue weighted by Gasteiger charge is -2.36. The Labute approximate surface area is 197 Å². The van der Waals surface area contributed by atoms with Gasteiger partial charge in [-0.1, -0.05) is 35.3 Å². The SMILES string of the molecule is CS(=O)(=O)N(CC(=O)N1CCN(Cc2ccc3c(c2)OCO3)CC1)c1cccc(Cl)c1Cl. The maximum Gasteiger partial charge on any atom is 0.243 e. The number of benzene rings is 2. The summed E-state index contributed by atoms with van der Waals surface area (Å²) in [4.78, 5) is 16.8. The van der Waals surface area contributed by atoms with Crippen molar-refractivity contribution in [1.82, 2.24) is 9.80 Å². The first-order chi connectivity index (χ1) is 15.2. The van der Waals surface area contributed by atoms with Crippen molar-refractivity contribution in [3.05, 3.63) is 52.0 Å². The topological polar surface area (TPSA) is 79.4 Å². The van der Waals surface area contributed by atoms with Crippen molar-refractivity contribution in [2.45, 2.75) is 6.54 Å². The molecule has 0 spiro atoms. The number of hydrogen-bond acceptors (Lipinski definition) is 6. The molecule has 2 aliphatic heterocycles. The highest BCUT2D eigenvalue weighted by Crippen LogP contribution is 2.34. The molecule has 2 aromatic carbocycles. The fourth-order valence-electron chi connectivity index (χ4n) is 3.74. The Balaban J connectivity index is 1.37. The van der Waals surface area contributed by atoms with Gasteiger partial charge in [0.05, 0.1) is 22.0 Å². The van der Waals surface area contributed by atoms with Gasteiger partial charge in [0.2, 0.25) is 22.7 Å². The monoisotopic (exact) mass is 499 g/mol. The zero-order valence-electron chi connectivity index (χ0n) is 17.5. The number of halogens is 2. The van der Waals surface area contributed by atoms with E-state index in [9.17, 15) is 13.2 Å². The van der Waals surface area contributed by atoms with Crippen LogP contribution in [0.1, 0.15) is 5.56 Å². The van der Waals surface area contributed by atoms with Gasteiger partial charge in [-0.3, -0.25) is 14.0 Å². The minimum atomic E-state index is -3.74. The van der Waals surface area contributed by atoms with Crippen molar-refractivity contribution < 1.29 is 22.7 Å². The average molecular weight is 500 g/mol. The number of piperazine rings is 1. The number of carbonyl (C=O) groups is 1. The summed E-state index contributed by atoms with van der Waals surface area (Å²) in [6.07, 6.45) is 1.04. The number of rotatable bonds is 6. The minimum absolute atomic E-state index is 0.0981. The van der Waals surface area contributed by atoms with Crippen LogP contribution in [0.5, 0.6) is 11.5 Å². The Morgan fingerprint density at radius 1 is 1.06 bits per heavy atom. The summed E-state index contributed by atoms with van der Waals surface area (Å²) in [5, 5.41) is 0.323. The molecule has 0 aromatic heterocycles. The van der Waals surface area contributed by atoms with E-state index < -0.39 is 10.0 Å². The van der Waals surface area contributed by atoms with Crippen LogP contribution >= 0.6 is 23.2 Å². The molecule has 2 aromatic rings. The van der Waals surface area contributed by atoms with E-state index in [-0.39, 0.29) is 35.0 Å². The normalized spacial score (nSPS) is 16.3. The summed E-state index contributed by atoms with van der Waals surface area (Å²) in [6.45, 7) is 3.00. The third-order valence-electron chi connectivity index (χ3n) is 5.45. The Kier molecular flexibility index (Phi) is 6.71. The molecule has 8 nitrogen and oxygen atoms in total. The molecule has 0 bridgehead atoms. The van der Waals surface area contributed by atoms with Gasteiger partial charge >= 0.3 is 0 Å².